The number of rotatable bonds is 3. The summed E-state index contributed by atoms with van der Waals surface area (Å²) in [6.45, 7) is 1.94. The molecule has 0 saturated carbocycles. The van der Waals surface area contributed by atoms with E-state index in [2.05, 4.69) is 9.59 Å². The number of benzene rings is 1. The van der Waals surface area contributed by atoms with E-state index in [4.69, 9.17) is 4.42 Å². The number of fused-ring (bicyclic) bond motifs is 1. The topological polar surface area (TPSA) is 59.2 Å². The number of halogens is 1. The Bertz CT molecular complexity index is 722. The standard InChI is InChI=1S/C13H11FN2O2S/c1-2-9-13(19-16-15-9)11(17)10-6-7-4-3-5-8(14)12(7)18-10/h3-6,11,17H,2H2,1H3. The minimum absolute atomic E-state index is 0.159. The summed E-state index contributed by atoms with van der Waals surface area (Å²) >= 11 is 1.13. The molecule has 0 saturated heterocycles. The van der Waals surface area contributed by atoms with Gasteiger partial charge in [-0.3, -0.25) is 0 Å². The molecule has 0 aliphatic heterocycles. The zero-order valence-electron chi connectivity index (χ0n) is 10.1. The lowest BCUT2D eigenvalue weighted by atomic mass is 10.1. The molecule has 0 aliphatic carbocycles. The van der Waals surface area contributed by atoms with Gasteiger partial charge in [-0.05, 0) is 30.1 Å². The summed E-state index contributed by atoms with van der Waals surface area (Å²) in [5, 5.41) is 14.9. The zero-order valence-corrected chi connectivity index (χ0v) is 10.9. The van der Waals surface area contributed by atoms with Crippen LogP contribution in [-0.2, 0) is 6.42 Å². The Morgan fingerprint density at radius 2 is 2.32 bits per heavy atom. The number of para-hydroxylation sites is 1. The molecular formula is C13H11FN2O2S. The first-order valence-corrected chi connectivity index (χ1v) is 6.65. The minimum atomic E-state index is -0.957. The van der Waals surface area contributed by atoms with Crippen LogP contribution in [-0.4, -0.2) is 14.7 Å². The Morgan fingerprint density at radius 3 is 3.05 bits per heavy atom. The van der Waals surface area contributed by atoms with Crippen molar-refractivity contribution in [2.24, 2.45) is 0 Å². The zero-order chi connectivity index (χ0) is 13.4. The van der Waals surface area contributed by atoms with Gasteiger partial charge in [-0.25, -0.2) is 4.39 Å². The number of furan rings is 1. The predicted octanol–water partition coefficient (Wildman–Crippen LogP) is 3.07. The Hall–Kier alpha value is -1.79. The first-order chi connectivity index (χ1) is 9.20. The molecule has 1 unspecified atom stereocenters. The van der Waals surface area contributed by atoms with Gasteiger partial charge < -0.3 is 9.52 Å². The molecule has 0 aliphatic rings. The number of nitrogens with zero attached hydrogens (tertiary/aromatic N) is 2. The smallest absolute Gasteiger partial charge is 0.170 e. The second kappa shape index (κ2) is 4.71. The lowest BCUT2D eigenvalue weighted by Crippen LogP contribution is -1.99. The predicted molar refractivity (Wildman–Crippen MR) is 69.5 cm³/mol. The van der Waals surface area contributed by atoms with Crippen LogP contribution in [0.3, 0.4) is 0 Å². The molecule has 3 aromatic rings. The number of hydrogen-bond acceptors (Lipinski definition) is 5. The van der Waals surface area contributed by atoms with Crippen molar-refractivity contribution < 1.29 is 13.9 Å². The fraction of sp³-hybridized carbons (Fsp3) is 0.231. The first kappa shape index (κ1) is 12.3. The van der Waals surface area contributed by atoms with E-state index in [1.807, 2.05) is 6.92 Å². The Kier molecular flexibility index (Phi) is 3.04. The Morgan fingerprint density at radius 1 is 1.47 bits per heavy atom. The molecule has 0 spiro atoms. The van der Waals surface area contributed by atoms with Crippen molar-refractivity contribution in [1.82, 2.24) is 9.59 Å². The second-order valence-corrected chi connectivity index (χ2v) is 4.93. The summed E-state index contributed by atoms with van der Waals surface area (Å²) in [7, 11) is 0. The van der Waals surface area contributed by atoms with Gasteiger partial charge in [0.25, 0.3) is 0 Å². The normalized spacial score (nSPS) is 13.0. The van der Waals surface area contributed by atoms with Gasteiger partial charge >= 0.3 is 0 Å². The fourth-order valence-electron chi connectivity index (χ4n) is 1.98. The molecule has 3 rings (SSSR count). The molecular weight excluding hydrogens is 267 g/mol. The average Bonchev–Trinajstić information content (AvgIpc) is 3.04. The maximum absolute atomic E-state index is 13.6. The van der Waals surface area contributed by atoms with Crippen LogP contribution >= 0.6 is 11.5 Å². The second-order valence-electron chi connectivity index (χ2n) is 4.15. The van der Waals surface area contributed by atoms with Crippen LogP contribution in [0.25, 0.3) is 11.0 Å². The van der Waals surface area contributed by atoms with Crippen LogP contribution in [0.1, 0.15) is 29.4 Å². The summed E-state index contributed by atoms with van der Waals surface area (Å²) < 4.78 is 22.8. The van der Waals surface area contributed by atoms with Gasteiger partial charge in [0, 0.05) is 5.39 Å². The first-order valence-electron chi connectivity index (χ1n) is 5.88. The van der Waals surface area contributed by atoms with Gasteiger partial charge in [0.2, 0.25) is 0 Å². The molecule has 1 atom stereocenters. The molecule has 0 bridgehead atoms. The highest BCUT2D eigenvalue weighted by atomic mass is 32.1. The van der Waals surface area contributed by atoms with Crippen LogP contribution in [0.4, 0.5) is 4.39 Å². The van der Waals surface area contributed by atoms with Crippen molar-refractivity contribution in [3.8, 4) is 0 Å². The van der Waals surface area contributed by atoms with Gasteiger partial charge in [0.1, 0.15) is 11.9 Å². The van der Waals surface area contributed by atoms with Crippen molar-refractivity contribution >= 4 is 22.5 Å². The van der Waals surface area contributed by atoms with Crippen LogP contribution in [0.5, 0.6) is 0 Å². The molecule has 4 nitrogen and oxygen atoms in total. The average molecular weight is 278 g/mol. The largest absolute Gasteiger partial charge is 0.455 e. The molecule has 98 valence electrons. The molecule has 19 heavy (non-hydrogen) atoms. The van der Waals surface area contributed by atoms with E-state index in [1.54, 1.807) is 18.2 Å². The van der Waals surface area contributed by atoms with E-state index < -0.39 is 11.9 Å². The van der Waals surface area contributed by atoms with E-state index in [-0.39, 0.29) is 5.58 Å². The summed E-state index contributed by atoms with van der Waals surface area (Å²) in [5.41, 5.74) is 0.894. The van der Waals surface area contributed by atoms with Gasteiger partial charge in [0.05, 0.1) is 10.6 Å². The molecule has 0 amide bonds. The van der Waals surface area contributed by atoms with Crippen molar-refractivity contribution in [3.63, 3.8) is 0 Å². The van der Waals surface area contributed by atoms with Gasteiger partial charge in [-0.15, -0.1) is 5.10 Å². The number of hydrogen-bond donors (Lipinski definition) is 1. The molecule has 0 fully saturated rings. The quantitative estimate of drug-likeness (QED) is 0.800. The van der Waals surface area contributed by atoms with Crippen LogP contribution < -0.4 is 0 Å². The van der Waals surface area contributed by atoms with E-state index in [0.717, 1.165) is 17.2 Å². The van der Waals surface area contributed by atoms with Crippen molar-refractivity contribution in [3.05, 3.63) is 46.4 Å². The highest BCUT2D eigenvalue weighted by Gasteiger charge is 2.22. The van der Waals surface area contributed by atoms with E-state index in [9.17, 15) is 9.50 Å². The lowest BCUT2D eigenvalue weighted by Gasteiger charge is -2.05. The van der Waals surface area contributed by atoms with E-state index in [1.165, 1.54) is 6.07 Å². The third kappa shape index (κ3) is 2.02. The molecule has 1 aromatic carbocycles. The van der Waals surface area contributed by atoms with Crippen LogP contribution in [0, 0.1) is 5.82 Å². The molecule has 2 heterocycles. The van der Waals surface area contributed by atoms with Gasteiger partial charge in [-0.1, -0.05) is 23.5 Å². The summed E-state index contributed by atoms with van der Waals surface area (Å²) in [6, 6.07) is 6.31. The summed E-state index contributed by atoms with van der Waals surface area (Å²) in [5.74, 6) is -0.130. The fourth-order valence-corrected chi connectivity index (χ4v) is 2.71. The number of aryl methyl sites for hydroxylation is 1. The van der Waals surface area contributed by atoms with Gasteiger partial charge in [-0.2, -0.15) is 0 Å². The van der Waals surface area contributed by atoms with Crippen LogP contribution in [0.2, 0.25) is 0 Å². The van der Waals surface area contributed by atoms with E-state index in [0.29, 0.717) is 22.4 Å². The molecule has 6 heteroatoms. The summed E-state index contributed by atoms with van der Waals surface area (Å²) in [4.78, 5) is 0.641. The maximum atomic E-state index is 13.6. The van der Waals surface area contributed by atoms with Crippen LogP contribution in [0.15, 0.2) is 28.7 Å². The van der Waals surface area contributed by atoms with Gasteiger partial charge in [0.15, 0.2) is 11.4 Å². The summed E-state index contributed by atoms with van der Waals surface area (Å²) in [6.07, 6.45) is -0.279. The highest BCUT2D eigenvalue weighted by Crippen LogP contribution is 2.32. The lowest BCUT2D eigenvalue weighted by molar-refractivity contribution is 0.194. The van der Waals surface area contributed by atoms with Crippen molar-refractivity contribution in [2.45, 2.75) is 19.4 Å². The minimum Gasteiger partial charge on any atom is -0.455 e. The Labute approximate surface area is 112 Å². The number of aliphatic hydroxyl groups is 1. The number of aliphatic hydroxyl groups excluding tert-OH is 1. The van der Waals surface area contributed by atoms with Crippen molar-refractivity contribution in [2.75, 3.05) is 0 Å². The van der Waals surface area contributed by atoms with E-state index >= 15 is 0 Å². The third-order valence-electron chi connectivity index (χ3n) is 2.95. The highest BCUT2D eigenvalue weighted by molar-refractivity contribution is 7.05. The maximum Gasteiger partial charge on any atom is 0.170 e. The van der Waals surface area contributed by atoms with Crippen molar-refractivity contribution in [1.29, 1.82) is 0 Å². The number of aromatic nitrogens is 2. The molecule has 2 aromatic heterocycles. The molecule has 1 N–H and O–H groups in total. The SMILES string of the molecule is CCc1nnsc1C(O)c1cc2cccc(F)c2o1. The monoisotopic (exact) mass is 278 g/mol. The Balaban J connectivity index is 2.07. The molecule has 0 radical (unpaired) electrons. The third-order valence-corrected chi connectivity index (χ3v) is 3.77.